The Kier molecular flexibility index (Phi) is 5.71. The summed E-state index contributed by atoms with van der Waals surface area (Å²) in [6, 6.07) is 3.87. The highest BCUT2D eigenvalue weighted by Gasteiger charge is 2.34. The maximum absolute atomic E-state index is 14.0. The lowest BCUT2D eigenvalue weighted by Crippen LogP contribution is -2.27. The summed E-state index contributed by atoms with van der Waals surface area (Å²) in [5, 5.41) is 11.2. The van der Waals surface area contributed by atoms with Crippen molar-refractivity contribution < 1.29 is 28.2 Å². The minimum atomic E-state index is -3.27. The summed E-state index contributed by atoms with van der Waals surface area (Å²) in [4.78, 5) is 11.7. The number of amides is 1. The van der Waals surface area contributed by atoms with Crippen LogP contribution >= 0.6 is 0 Å². The third-order valence-corrected chi connectivity index (χ3v) is 2.66. The number of methoxy groups -OCH3 is 1. The molecule has 0 spiro atoms. The Hall–Kier alpha value is -1.89. The normalized spacial score (nSPS) is 12.0. The lowest BCUT2D eigenvalue weighted by molar-refractivity contribution is -0.0287. The molecule has 2 N–H and O–H groups in total. The number of anilines is 1. The van der Waals surface area contributed by atoms with Gasteiger partial charge < -0.3 is 14.6 Å². The molecule has 0 saturated heterocycles. The Morgan fingerprint density at radius 2 is 1.95 bits per heavy atom. The summed E-state index contributed by atoms with van der Waals surface area (Å²) < 4.78 is 38.0. The highest BCUT2D eigenvalue weighted by Crippen LogP contribution is 2.39. The van der Waals surface area contributed by atoms with E-state index >= 15 is 0 Å². The van der Waals surface area contributed by atoms with Crippen LogP contribution in [0, 0.1) is 0 Å². The fraction of sp³-hybridized carbons (Fsp3) is 0.533. The number of alkyl halides is 2. The number of carbonyl (C=O) groups excluding carboxylic acids is 1. The van der Waals surface area contributed by atoms with Gasteiger partial charge in [0, 0.05) is 18.7 Å². The molecule has 0 radical (unpaired) electrons. The van der Waals surface area contributed by atoms with Crippen LogP contribution in [0.4, 0.5) is 19.3 Å². The zero-order valence-corrected chi connectivity index (χ0v) is 13.1. The molecule has 1 aromatic rings. The minimum absolute atomic E-state index is 0.0202. The van der Waals surface area contributed by atoms with Crippen molar-refractivity contribution in [2.75, 3.05) is 19.0 Å². The van der Waals surface area contributed by atoms with Crippen LogP contribution in [-0.4, -0.2) is 30.5 Å². The standard InChI is InChI=1S/C15H21F2NO4/c1-14(2,3)22-13(20)18-10-5-6-12(21-4)11(9-10)15(16,17)7-8-19/h5-6,9,19H,7-8H2,1-4H3,(H,18,20). The Labute approximate surface area is 128 Å². The van der Waals surface area contributed by atoms with Gasteiger partial charge in [0.2, 0.25) is 0 Å². The predicted molar refractivity (Wildman–Crippen MR) is 78.4 cm³/mol. The molecule has 5 nitrogen and oxygen atoms in total. The van der Waals surface area contributed by atoms with Gasteiger partial charge in [0.15, 0.2) is 0 Å². The number of rotatable bonds is 5. The summed E-state index contributed by atoms with van der Waals surface area (Å²) in [5.41, 5.74) is -0.944. The van der Waals surface area contributed by atoms with E-state index in [1.165, 1.54) is 19.2 Å². The fourth-order valence-corrected chi connectivity index (χ4v) is 1.77. The highest BCUT2D eigenvalue weighted by molar-refractivity contribution is 5.85. The first-order chi connectivity index (χ1) is 10.1. The molecule has 0 heterocycles. The molecule has 0 atom stereocenters. The molecular formula is C15H21F2NO4. The molecule has 0 bridgehead atoms. The lowest BCUT2D eigenvalue weighted by Gasteiger charge is -2.21. The van der Waals surface area contributed by atoms with Gasteiger partial charge in [0.1, 0.15) is 11.4 Å². The quantitative estimate of drug-likeness (QED) is 0.872. The first-order valence-electron chi connectivity index (χ1n) is 6.76. The molecule has 0 aliphatic rings. The van der Waals surface area contributed by atoms with Gasteiger partial charge in [0.25, 0.3) is 5.92 Å². The molecule has 1 aromatic carbocycles. The monoisotopic (exact) mass is 317 g/mol. The smallest absolute Gasteiger partial charge is 0.412 e. The first-order valence-corrected chi connectivity index (χ1v) is 6.76. The maximum atomic E-state index is 14.0. The Bertz CT molecular complexity index is 527. The second kappa shape index (κ2) is 6.91. The van der Waals surface area contributed by atoms with E-state index in [4.69, 9.17) is 14.6 Å². The van der Waals surface area contributed by atoms with Gasteiger partial charge in [-0.05, 0) is 39.0 Å². The summed E-state index contributed by atoms with van der Waals surface area (Å²) in [6.07, 6.45) is -1.48. The minimum Gasteiger partial charge on any atom is -0.496 e. The number of aliphatic hydroxyl groups is 1. The predicted octanol–water partition coefficient (Wildman–Crippen LogP) is 3.52. The average Bonchev–Trinajstić information content (AvgIpc) is 2.36. The molecule has 0 aliphatic carbocycles. The van der Waals surface area contributed by atoms with Crippen LogP contribution in [0.3, 0.4) is 0 Å². The second-order valence-corrected chi connectivity index (χ2v) is 5.72. The third-order valence-electron chi connectivity index (χ3n) is 2.66. The third kappa shape index (κ3) is 5.14. The Morgan fingerprint density at radius 1 is 1.32 bits per heavy atom. The zero-order chi connectivity index (χ0) is 17.0. The van der Waals surface area contributed by atoms with Gasteiger partial charge in [0.05, 0.1) is 12.7 Å². The number of hydrogen-bond acceptors (Lipinski definition) is 4. The van der Waals surface area contributed by atoms with Gasteiger partial charge in [-0.2, -0.15) is 0 Å². The molecule has 0 fully saturated rings. The molecule has 0 saturated carbocycles. The molecule has 1 amide bonds. The molecule has 0 aromatic heterocycles. The van der Waals surface area contributed by atoms with Gasteiger partial charge in [-0.15, -0.1) is 0 Å². The van der Waals surface area contributed by atoms with Crippen molar-refractivity contribution in [3.8, 4) is 5.75 Å². The van der Waals surface area contributed by atoms with Crippen molar-refractivity contribution in [1.82, 2.24) is 0 Å². The van der Waals surface area contributed by atoms with E-state index in [9.17, 15) is 13.6 Å². The van der Waals surface area contributed by atoms with Crippen molar-refractivity contribution in [3.05, 3.63) is 23.8 Å². The van der Waals surface area contributed by atoms with Gasteiger partial charge in [-0.3, -0.25) is 5.32 Å². The molecule has 124 valence electrons. The van der Waals surface area contributed by atoms with Gasteiger partial charge >= 0.3 is 6.09 Å². The molecule has 22 heavy (non-hydrogen) atoms. The van der Waals surface area contributed by atoms with Crippen molar-refractivity contribution in [1.29, 1.82) is 0 Å². The fourth-order valence-electron chi connectivity index (χ4n) is 1.77. The van der Waals surface area contributed by atoms with E-state index in [1.54, 1.807) is 20.8 Å². The summed E-state index contributed by atoms with van der Waals surface area (Å²) in [7, 11) is 1.27. The van der Waals surface area contributed by atoms with Crippen LogP contribution in [0.25, 0.3) is 0 Å². The molecule has 0 unspecified atom stereocenters. The Morgan fingerprint density at radius 3 is 2.45 bits per heavy atom. The van der Waals surface area contributed by atoms with Crippen LogP contribution in [0.15, 0.2) is 18.2 Å². The van der Waals surface area contributed by atoms with Crippen LogP contribution in [-0.2, 0) is 10.7 Å². The van der Waals surface area contributed by atoms with E-state index < -0.39 is 36.2 Å². The van der Waals surface area contributed by atoms with Crippen molar-refractivity contribution >= 4 is 11.8 Å². The summed E-state index contributed by atoms with van der Waals surface area (Å²) in [5.74, 6) is -3.29. The van der Waals surface area contributed by atoms with E-state index in [0.29, 0.717) is 0 Å². The number of halogens is 2. The van der Waals surface area contributed by atoms with Gasteiger partial charge in [-0.25, -0.2) is 13.6 Å². The molecular weight excluding hydrogens is 296 g/mol. The second-order valence-electron chi connectivity index (χ2n) is 5.72. The van der Waals surface area contributed by atoms with Crippen LogP contribution in [0.1, 0.15) is 32.8 Å². The number of aliphatic hydroxyl groups excluding tert-OH is 1. The van der Waals surface area contributed by atoms with E-state index in [1.807, 2.05) is 0 Å². The van der Waals surface area contributed by atoms with Crippen LogP contribution < -0.4 is 10.1 Å². The number of benzene rings is 1. The Balaban J connectivity index is 3.02. The van der Waals surface area contributed by atoms with Crippen molar-refractivity contribution in [2.24, 2.45) is 0 Å². The SMILES string of the molecule is COc1ccc(NC(=O)OC(C)(C)C)cc1C(F)(F)CCO. The van der Waals surface area contributed by atoms with Crippen LogP contribution in [0.2, 0.25) is 0 Å². The first kappa shape index (κ1) is 18.2. The summed E-state index contributed by atoms with van der Waals surface area (Å²) >= 11 is 0. The molecule has 0 aliphatic heterocycles. The number of hydrogen-bond donors (Lipinski definition) is 2. The largest absolute Gasteiger partial charge is 0.496 e. The van der Waals surface area contributed by atoms with Crippen LogP contribution in [0.5, 0.6) is 5.75 Å². The highest BCUT2D eigenvalue weighted by atomic mass is 19.3. The zero-order valence-electron chi connectivity index (χ0n) is 13.1. The maximum Gasteiger partial charge on any atom is 0.412 e. The summed E-state index contributed by atoms with van der Waals surface area (Å²) in [6.45, 7) is 4.42. The molecule has 1 rings (SSSR count). The number of nitrogens with one attached hydrogen (secondary N) is 1. The molecule has 7 heteroatoms. The van der Waals surface area contributed by atoms with E-state index in [2.05, 4.69) is 5.32 Å². The van der Waals surface area contributed by atoms with Crippen molar-refractivity contribution in [2.45, 2.75) is 38.7 Å². The number of ether oxygens (including phenoxy) is 2. The number of carbonyl (C=O) groups is 1. The lowest BCUT2D eigenvalue weighted by atomic mass is 10.0. The van der Waals surface area contributed by atoms with Crippen molar-refractivity contribution in [3.63, 3.8) is 0 Å². The topological polar surface area (TPSA) is 67.8 Å². The average molecular weight is 317 g/mol. The van der Waals surface area contributed by atoms with E-state index in [-0.39, 0.29) is 11.4 Å². The van der Waals surface area contributed by atoms with E-state index in [0.717, 1.165) is 6.07 Å². The van der Waals surface area contributed by atoms with Gasteiger partial charge in [-0.1, -0.05) is 0 Å².